The van der Waals surface area contributed by atoms with E-state index < -0.39 is 0 Å². The molecule has 2 N–H and O–H groups in total. The van der Waals surface area contributed by atoms with Gasteiger partial charge in [-0.25, -0.2) is 5.43 Å². The summed E-state index contributed by atoms with van der Waals surface area (Å²) >= 11 is 3.31. The maximum Gasteiger partial charge on any atom is 0.277 e. The number of phenolic OH excluding ortho intramolecular Hbond substituents is 1. The first-order valence-electron chi connectivity index (χ1n) is 8.02. The number of aromatic hydroxyl groups is 1. The molecule has 25 heavy (non-hydrogen) atoms. The summed E-state index contributed by atoms with van der Waals surface area (Å²) in [4.78, 5) is 11.8. The minimum absolute atomic E-state index is 0.0823. The first kappa shape index (κ1) is 19.0. The minimum atomic E-state index is -0.378. The summed E-state index contributed by atoms with van der Waals surface area (Å²) in [5.41, 5.74) is 4.11. The molecular weight excluding hydrogens is 384 g/mol. The highest BCUT2D eigenvalue weighted by atomic mass is 79.9. The number of carbonyl (C=O) groups excluding carboxylic acids is 1. The molecule has 1 amide bonds. The summed E-state index contributed by atoms with van der Waals surface area (Å²) in [6.45, 7) is 4.18. The number of carbonyl (C=O) groups is 1. The van der Waals surface area contributed by atoms with E-state index in [-0.39, 0.29) is 18.3 Å². The van der Waals surface area contributed by atoms with E-state index in [4.69, 9.17) is 4.74 Å². The molecule has 0 aliphatic heterocycles. The van der Waals surface area contributed by atoms with Crippen LogP contribution in [0.4, 0.5) is 0 Å². The average Bonchev–Trinajstić information content (AvgIpc) is 2.62. The molecular formula is C19H21BrN2O3. The van der Waals surface area contributed by atoms with Crippen molar-refractivity contribution in [2.24, 2.45) is 5.10 Å². The molecule has 2 aromatic rings. The number of amides is 1. The van der Waals surface area contributed by atoms with Crippen LogP contribution in [-0.2, 0) is 4.79 Å². The summed E-state index contributed by atoms with van der Waals surface area (Å²) in [5, 5.41) is 13.5. The van der Waals surface area contributed by atoms with Crippen molar-refractivity contribution < 1.29 is 14.6 Å². The third-order valence-corrected chi connectivity index (χ3v) is 4.31. The molecule has 2 rings (SSSR count). The van der Waals surface area contributed by atoms with Gasteiger partial charge in [0.1, 0.15) is 11.5 Å². The number of halogens is 1. The second-order valence-corrected chi connectivity index (χ2v) is 6.58. The number of nitrogens with zero attached hydrogens (tertiary/aromatic N) is 1. The molecule has 0 radical (unpaired) electrons. The van der Waals surface area contributed by atoms with Crippen LogP contribution in [0, 0.1) is 0 Å². The molecule has 2 aromatic carbocycles. The Hall–Kier alpha value is -2.34. The molecule has 0 aliphatic carbocycles. The molecule has 0 saturated heterocycles. The molecule has 0 spiro atoms. The van der Waals surface area contributed by atoms with E-state index in [2.05, 4.69) is 40.3 Å². The van der Waals surface area contributed by atoms with Gasteiger partial charge in [0.25, 0.3) is 5.91 Å². The van der Waals surface area contributed by atoms with Crippen molar-refractivity contribution in [2.45, 2.75) is 26.2 Å². The molecule has 0 fully saturated rings. The molecule has 0 heterocycles. The summed E-state index contributed by atoms with van der Waals surface area (Å²) < 4.78 is 6.25. The number of hydrogen-bond acceptors (Lipinski definition) is 4. The van der Waals surface area contributed by atoms with Gasteiger partial charge < -0.3 is 9.84 Å². The number of hydrogen-bond donors (Lipinski definition) is 2. The van der Waals surface area contributed by atoms with Gasteiger partial charge in [-0.05, 0) is 48.2 Å². The van der Waals surface area contributed by atoms with Crippen molar-refractivity contribution in [1.82, 2.24) is 5.43 Å². The molecule has 0 aromatic heterocycles. The molecule has 1 atom stereocenters. The lowest BCUT2D eigenvalue weighted by Gasteiger charge is -2.10. The normalized spacial score (nSPS) is 12.1. The van der Waals surface area contributed by atoms with E-state index in [1.54, 1.807) is 18.2 Å². The lowest BCUT2D eigenvalue weighted by Crippen LogP contribution is -2.24. The van der Waals surface area contributed by atoms with Crippen LogP contribution in [0.1, 0.15) is 37.3 Å². The van der Waals surface area contributed by atoms with Crippen molar-refractivity contribution in [2.75, 3.05) is 6.61 Å². The summed E-state index contributed by atoms with van der Waals surface area (Å²) in [6, 6.07) is 12.7. The van der Waals surface area contributed by atoms with Crippen molar-refractivity contribution in [3.05, 3.63) is 58.1 Å². The SMILES string of the molecule is CC[C@H](C)c1ccc(OCC(=O)N/N=C\c2cc(Br)ccc2O)cc1. The third kappa shape index (κ3) is 5.90. The maximum atomic E-state index is 11.8. The van der Waals surface area contributed by atoms with E-state index in [1.165, 1.54) is 11.8 Å². The van der Waals surface area contributed by atoms with Gasteiger partial charge in [-0.2, -0.15) is 5.10 Å². The lowest BCUT2D eigenvalue weighted by molar-refractivity contribution is -0.123. The van der Waals surface area contributed by atoms with Crippen LogP contribution in [0.15, 0.2) is 52.0 Å². The zero-order valence-corrected chi connectivity index (χ0v) is 15.8. The fourth-order valence-corrected chi connectivity index (χ4v) is 2.49. The van der Waals surface area contributed by atoms with Gasteiger partial charge in [-0.3, -0.25) is 4.79 Å². The van der Waals surface area contributed by atoms with E-state index in [1.807, 2.05) is 24.3 Å². The van der Waals surface area contributed by atoms with Crippen molar-refractivity contribution in [3.63, 3.8) is 0 Å². The maximum absolute atomic E-state index is 11.8. The fourth-order valence-electron chi connectivity index (χ4n) is 2.11. The molecule has 0 unspecified atom stereocenters. The van der Waals surface area contributed by atoms with Gasteiger partial charge >= 0.3 is 0 Å². The van der Waals surface area contributed by atoms with Crippen molar-refractivity contribution >= 4 is 28.1 Å². The van der Waals surface area contributed by atoms with Gasteiger partial charge in [-0.15, -0.1) is 0 Å². The van der Waals surface area contributed by atoms with Crippen LogP contribution in [-0.4, -0.2) is 23.8 Å². The van der Waals surface area contributed by atoms with Gasteiger partial charge in [0, 0.05) is 10.0 Å². The zero-order chi connectivity index (χ0) is 18.2. The number of nitrogens with one attached hydrogen (secondary N) is 1. The minimum Gasteiger partial charge on any atom is -0.507 e. The predicted molar refractivity (Wildman–Crippen MR) is 102 cm³/mol. The predicted octanol–water partition coefficient (Wildman–Crippen LogP) is 4.20. The fraction of sp³-hybridized carbons (Fsp3) is 0.263. The highest BCUT2D eigenvalue weighted by Gasteiger charge is 2.05. The quantitative estimate of drug-likeness (QED) is 0.536. The van der Waals surface area contributed by atoms with E-state index >= 15 is 0 Å². The monoisotopic (exact) mass is 404 g/mol. The van der Waals surface area contributed by atoms with Crippen LogP contribution in [0.3, 0.4) is 0 Å². The van der Waals surface area contributed by atoms with Crippen molar-refractivity contribution in [3.8, 4) is 11.5 Å². The van der Waals surface area contributed by atoms with Crippen LogP contribution < -0.4 is 10.2 Å². The summed E-state index contributed by atoms with van der Waals surface area (Å²) in [5.74, 6) is 0.840. The molecule has 5 nitrogen and oxygen atoms in total. The van der Waals surface area contributed by atoms with Crippen LogP contribution in [0.5, 0.6) is 11.5 Å². The Morgan fingerprint density at radius 1 is 1.32 bits per heavy atom. The van der Waals surface area contributed by atoms with Gasteiger partial charge in [0.2, 0.25) is 0 Å². The Labute approximate surface area is 155 Å². The van der Waals surface area contributed by atoms with E-state index in [9.17, 15) is 9.90 Å². The van der Waals surface area contributed by atoms with Crippen molar-refractivity contribution in [1.29, 1.82) is 0 Å². The van der Waals surface area contributed by atoms with Gasteiger partial charge in [0.05, 0.1) is 6.21 Å². The zero-order valence-electron chi connectivity index (χ0n) is 14.2. The van der Waals surface area contributed by atoms with E-state index in [0.29, 0.717) is 17.2 Å². The van der Waals surface area contributed by atoms with Gasteiger partial charge in [0.15, 0.2) is 6.61 Å². The van der Waals surface area contributed by atoms with Crippen LogP contribution in [0.25, 0.3) is 0 Å². The Balaban J connectivity index is 1.82. The third-order valence-electron chi connectivity index (χ3n) is 3.81. The smallest absolute Gasteiger partial charge is 0.277 e. The van der Waals surface area contributed by atoms with Crippen LogP contribution in [0.2, 0.25) is 0 Å². The standard InChI is InChI=1S/C19H21BrN2O3/c1-3-13(2)14-4-7-17(8-5-14)25-12-19(24)22-21-11-15-10-16(20)6-9-18(15)23/h4-11,13,23H,3,12H2,1-2H3,(H,22,24)/b21-11-/t13-/m0/s1. The molecule has 6 heteroatoms. The Kier molecular flexibility index (Phi) is 7.01. The Bertz CT molecular complexity index is 745. The summed E-state index contributed by atoms with van der Waals surface area (Å²) in [6.07, 6.45) is 2.45. The number of hydrazone groups is 1. The number of ether oxygens (including phenoxy) is 1. The topological polar surface area (TPSA) is 70.9 Å². The number of benzene rings is 2. The Morgan fingerprint density at radius 3 is 2.72 bits per heavy atom. The second-order valence-electron chi connectivity index (χ2n) is 5.66. The molecule has 0 aliphatic rings. The molecule has 0 saturated carbocycles. The highest BCUT2D eigenvalue weighted by molar-refractivity contribution is 9.10. The largest absolute Gasteiger partial charge is 0.507 e. The average molecular weight is 405 g/mol. The Morgan fingerprint density at radius 2 is 2.04 bits per heavy atom. The first-order chi connectivity index (χ1) is 12.0. The van der Waals surface area contributed by atoms with Crippen LogP contribution >= 0.6 is 15.9 Å². The molecule has 132 valence electrons. The second kappa shape index (κ2) is 9.22. The van der Waals surface area contributed by atoms with Gasteiger partial charge in [-0.1, -0.05) is 41.9 Å². The first-order valence-corrected chi connectivity index (χ1v) is 8.82. The summed E-state index contributed by atoms with van der Waals surface area (Å²) in [7, 11) is 0. The number of phenols is 1. The lowest BCUT2D eigenvalue weighted by atomic mass is 9.99. The highest BCUT2D eigenvalue weighted by Crippen LogP contribution is 2.21. The number of rotatable bonds is 7. The van der Waals surface area contributed by atoms with E-state index in [0.717, 1.165) is 10.9 Å². The molecule has 0 bridgehead atoms.